The second kappa shape index (κ2) is 6.55. The molecule has 0 fully saturated rings. The molecule has 1 aromatic carbocycles. The summed E-state index contributed by atoms with van der Waals surface area (Å²) < 4.78 is 16.2. The van der Waals surface area contributed by atoms with Crippen LogP contribution in [0.1, 0.15) is 17.5 Å². The average Bonchev–Trinajstić information content (AvgIpc) is 2.25. The van der Waals surface area contributed by atoms with Gasteiger partial charge in [-0.2, -0.15) is 0 Å². The minimum Gasteiger partial charge on any atom is -0.496 e. The van der Waals surface area contributed by atoms with Crippen LogP contribution < -0.4 is 4.74 Å². The number of hydrogen-bond donors (Lipinski definition) is 0. The Balaban J connectivity index is 2.66. The van der Waals surface area contributed by atoms with Gasteiger partial charge >= 0.3 is 0 Å². The first-order valence-corrected chi connectivity index (χ1v) is 7.21. The number of carbonyl (C=O) groups is 1. The van der Waals surface area contributed by atoms with E-state index in [1.807, 2.05) is 25.1 Å². The Morgan fingerprint density at radius 2 is 2.12 bits per heavy atom. The van der Waals surface area contributed by atoms with Gasteiger partial charge in [-0.1, -0.05) is 18.2 Å². The molecular formula is C13H18O3S. The molecule has 0 N–H and O–H groups in total. The fraction of sp³-hybridized carbons (Fsp3) is 0.462. The summed E-state index contributed by atoms with van der Waals surface area (Å²) in [6.45, 7) is 1.98. The zero-order valence-corrected chi connectivity index (χ0v) is 11.3. The molecule has 0 aliphatic carbocycles. The molecule has 1 atom stereocenters. The number of rotatable bonds is 6. The molecule has 0 heterocycles. The van der Waals surface area contributed by atoms with E-state index >= 15 is 0 Å². The third-order valence-electron chi connectivity index (χ3n) is 2.53. The van der Waals surface area contributed by atoms with E-state index in [-0.39, 0.29) is 11.5 Å². The molecule has 94 valence electrons. The van der Waals surface area contributed by atoms with Crippen molar-refractivity contribution in [3.63, 3.8) is 0 Å². The molecule has 4 heteroatoms. The highest BCUT2D eigenvalue weighted by Gasteiger charge is 2.09. The van der Waals surface area contributed by atoms with Gasteiger partial charge in [0, 0.05) is 23.5 Å². The molecule has 0 aromatic heterocycles. The minimum absolute atomic E-state index is 0.0365. The number of hydrogen-bond acceptors (Lipinski definition) is 3. The third kappa shape index (κ3) is 4.30. The lowest BCUT2D eigenvalue weighted by molar-refractivity contribution is -0.116. The first kappa shape index (κ1) is 13.9. The van der Waals surface area contributed by atoms with Gasteiger partial charge in [-0.25, -0.2) is 0 Å². The van der Waals surface area contributed by atoms with Crippen molar-refractivity contribution in [1.82, 2.24) is 0 Å². The van der Waals surface area contributed by atoms with Crippen molar-refractivity contribution in [2.75, 3.05) is 19.1 Å². The summed E-state index contributed by atoms with van der Waals surface area (Å²) in [7, 11) is 0.588. The maximum Gasteiger partial charge on any atom is 0.145 e. The molecule has 0 unspecified atom stereocenters. The van der Waals surface area contributed by atoms with Crippen molar-refractivity contribution >= 4 is 16.6 Å². The zero-order valence-electron chi connectivity index (χ0n) is 10.5. The van der Waals surface area contributed by atoms with E-state index < -0.39 is 10.8 Å². The summed E-state index contributed by atoms with van der Waals surface area (Å²) in [5.74, 6) is 1.03. The number of aryl methyl sites for hydroxylation is 2. The Labute approximate surface area is 105 Å². The smallest absolute Gasteiger partial charge is 0.145 e. The summed E-state index contributed by atoms with van der Waals surface area (Å²) in [5, 5.41) is 0. The Kier molecular flexibility index (Phi) is 5.35. The predicted octanol–water partition coefficient (Wildman–Crippen LogP) is 1.88. The lowest BCUT2D eigenvalue weighted by Gasteiger charge is -2.10. The van der Waals surface area contributed by atoms with Crippen LogP contribution >= 0.6 is 0 Å². The van der Waals surface area contributed by atoms with Gasteiger partial charge in [0.15, 0.2) is 0 Å². The molecule has 1 rings (SSSR count). The van der Waals surface area contributed by atoms with Gasteiger partial charge in [-0.3, -0.25) is 9.00 Å². The maximum atomic E-state index is 11.5. The van der Waals surface area contributed by atoms with Crippen molar-refractivity contribution in [2.45, 2.75) is 19.8 Å². The molecule has 0 saturated carbocycles. The highest BCUT2D eigenvalue weighted by Crippen LogP contribution is 2.24. The lowest BCUT2D eigenvalue weighted by atomic mass is 10.0. The highest BCUT2D eigenvalue weighted by molar-refractivity contribution is 7.85. The maximum absolute atomic E-state index is 11.5. The largest absolute Gasteiger partial charge is 0.496 e. The predicted molar refractivity (Wildman–Crippen MR) is 70.0 cm³/mol. The van der Waals surface area contributed by atoms with Crippen molar-refractivity contribution in [2.24, 2.45) is 0 Å². The van der Waals surface area contributed by atoms with Gasteiger partial charge in [0.1, 0.15) is 11.5 Å². The van der Waals surface area contributed by atoms with Crippen LogP contribution in [0.4, 0.5) is 0 Å². The SMILES string of the molecule is COc1c(C)cccc1CCC(=O)C[S@@](C)=O. The van der Waals surface area contributed by atoms with Crippen LogP contribution in [0.3, 0.4) is 0 Å². The number of ether oxygens (including phenoxy) is 1. The zero-order chi connectivity index (χ0) is 12.8. The lowest BCUT2D eigenvalue weighted by Crippen LogP contribution is -2.10. The van der Waals surface area contributed by atoms with Gasteiger partial charge in [0.05, 0.1) is 12.9 Å². The Hall–Kier alpha value is -1.16. The highest BCUT2D eigenvalue weighted by atomic mass is 32.2. The van der Waals surface area contributed by atoms with Gasteiger partial charge in [-0.15, -0.1) is 0 Å². The van der Waals surface area contributed by atoms with Crippen LogP contribution in [0.5, 0.6) is 5.75 Å². The van der Waals surface area contributed by atoms with E-state index in [1.165, 1.54) is 0 Å². The number of methoxy groups -OCH3 is 1. The van der Waals surface area contributed by atoms with Crippen LogP contribution in [0.15, 0.2) is 18.2 Å². The Morgan fingerprint density at radius 1 is 1.41 bits per heavy atom. The summed E-state index contributed by atoms with van der Waals surface area (Å²) in [4.78, 5) is 11.5. The van der Waals surface area contributed by atoms with Crippen molar-refractivity contribution in [3.8, 4) is 5.75 Å². The number of carbonyl (C=O) groups excluding carboxylic acids is 1. The van der Waals surface area contributed by atoms with E-state index in [0.29, 0.717) is 12.8 Å². The van der Waals surface area contributed by atoms with Gasteiger partial charge in [0.25, 0.3) is 0 Å². The topological polar surface area (TPSA) is 43.4 Å². The van der Waals surface area contributed by atoms with Crippen molar-refractivity contribution < 1.29 is 13.7 Å². The molecule has 0 aliphatic heterocycles. The van der Waals surface area contributed by atoms with E-state index in [2.05, 4.69) is 0 Å². The molecule has 0 radical (unpaired) electrons. The fourth-order valence-corrected chi connectivity index (χ4v) is 2.37. The number of ketones is 1. The molecule has 0 spiro atoms. The van der Waals surface area contributed by atoms with E-state index in [1.54, 1.807) is 13.4 Å². The van der Waals surface area contributed by atoms with E-state index in [0.717, 1.165) is 16.9 Å². The normalized spacial score (nSPS) is 12.2. The van der Waals surface area contributed by atoms with Crippen molar-refractivity contribution in [1.29, 1.82) is 0 Å². The molecule has 0 aliphatic rings. The third-order valence-corrected chi connectivity index (χ3v) is 3.26. The summed E-state index contributed by atoms with van der Waals surface area (Å²) >= 11 is 0. The second-order valence-corrected chi connectivity index (χ2v) is 5.46. The van der Waals surface area contributed by atoms with E-state index in [4.69, 9.17) is 4.74 Å². The standard InChI is InChI=1S/C13H18O3S/c1-10-5-4-6-11(13(10)16-2)7-8-12(14)9-17(3)15/h4-6H,7-9H2,1-3H3/t17-/m1/s1. The molecular weight excluding hydrogens is 236 g/mol. The number of benzene rings is 1. The first-order valence-electron chi connectivity index (χ1n) is 5.48. The summed E-state index contributed by atoms with van der Waals surface area (Å²) in [5.41, 5.74) is 2.10. The Bertz CT molecular complexity index is 427. The quantitative estimate of drug-likeness (QED) is 0.778. The minimum atomic E-state index is -1.05. The van der Waals surface area contributed by atoms with Gasteiger partial charge in [0.2, 0.25) is 0 Å². The summed E-state index contributed by atoms with van der Waals surface area (Å²) in [6.07, 6.45) is 2.60. The van der Waals surface area contributed by atoms with Crippen LogP contribution in [0, 0.1) is 6.92 Å². The molecule has 3 nitrogen and oxygen atoms in total. The second-order valence-electron chi connectivity index (χ2n) is 4.02. The van der Waals surface area contributed by atoms with Crippen LogP contribution in [-0.2, 0) is 22.0 Å². The van der Waals surface area contributed by atoms with Crippen LogP contribution in [0.25, 0.3) is 0 Å². The average molecular weight is 254 g/mol. The number of Topliss-reactive ketones (excluding diaryl/α,β-unsaturated/α-hetero) is 1. The van der Waals surface area contributed by atoms with Crippen LogP contribution in [-0.4, -0.2) is 29.1 Å². The Morgan fingerprint density at radius 3 is 2.71 bits per heavy atom. The first-order chi connectivity index (χ1) is 8.04. The monoisotopic (exact) mass is 254 g/mol. The molecule has 0 bridgehead atoms. The van der Waals surface area contributed by atoms with E-state index in [9.17, 15) is 9.00 Å². The van der Waals surface area contributed by atoms with Crippen molar-refractivity contribution in [3.05, 3.63) is 29.3 Å². The summed E-state index contributed by atoms with van der Waals surface area (Å²) in [6, 6.07) is 5.89. The molecule has 1 aromatic rings. The fourth-order valence-electron chi connectivity index (χ4n) is 1.78. The molecule has 0 saturated heterocycles. The van der Waals surface area contributed by atoms with Crippen LogP contribution in [0.2, 0.25) is 0 Å². The number of para-hydroxylation sites is 1. The van der Waals surface area contributed by atoms with Gasteiger partial charge < -0.3 is 4.74 Å². The molecule has 17 heavy (non-hydrogen) atoms. The van der Waals surface area contributed by atoms with Gasteiger partial charge in [-0.05, 0) is 24.5 Å². The molecule has 0 amide bonds.